The van der Waals surface area contributed by atoms with Crippen LogP contribution in [0.1, 0.15) is 46.1 Å². The number of nitrogens with one attached hydrogen (secondary N) is 2. The molecule has 0 fully saturated rings. The fraction of sp³-hybridized carbons (Fsp3) is 0.769. The van der Waals surface area contributed by atoms with Crippen LogP contribution in [0.4, 0.5) is 0 Å². The van der Waals surface area contributed by atoms with Gasteiger partial charge in [-0.25, -0.2) is 4.98 Å². The molecule has 1 aromatic rings. The average molecular weight is 239 g/mol. The van der Waals surface area contributed by atoms with Crippen molar-refractivity contribution in [3.8, 4) is 0 Å². The van der Waals surface area contributed by atoms with Gasteiger partial charge in [0, 0.05) is 25.0 Å². The molecule has 0 saturated heterocycles. The monoisotopic (exact) mass is 239 g/mol. The molecule has 0 aliphatic carbocycles. The molecular formula is C13H25N3O. The van der Waals surface area contributed by atoms with Crippen LogP contribution in [0, 0.1) is 5.92 Å². The summed E-state index contributed by atoms with van der Waals surface area (Å²) in [5.41, 5.74) is 0.763. The van der Waals surface area contributed by atoms with E-state index in [4.69, 9.17) is 4.74 Å². The zero-order chi connectivity index (χ0) is 12.9. The maximum Gasteiger partial charge on any atom is 0.138 e. The van der Waals surface area contributed by atoms with Crippen LogP contribution in [0.5, 0.6) is 0 Å². The van der Waals surface area contributed by atoms with Crippen LogP contribution in [0.2, 0.25) is 0 Å². The molecule has 0 radical (unpaired) electrons. The number of rotatable bonds is 7. The second-order valence-corrected chi connectivity index (χ2v) is 5.23. The largest absolute Gasteiger partial charge is 0.368 e. The smallest absolute Gasteiger partial charge is 0.138 e. The summed E-state index contributed by atoms with van der Waals surface area (Å²) in [6.45, 7) is 13.0. The second kappa shape index (κ2) is 6.17. The molecule has 0 unspecified atom stereocenters. The lowest BCUT2D eigenvalue weighted by atomic mass is 10.1. The van der Waals surface area contributed by atoms with Crippen molar-refractivity contribution in [1.82, 2.24) is 15.3 Å². The zero-order valence-corrected chi connectivity index (χ0v) is 11.6. The van der Waals surface area contributed by atoms with E-state index < -0.39 is 0 Å². The number of ether oxygens (including phenoxy) is 1. The highest BCUT2D eigenvalue weighted by molar-refractivity contribution is 5.06. The molecule has 1 heterocycles. The van der Waals surface area contributed by atoms with E-state index in [0.717, 1.165) is 24.6 Å². The van der Waals surface area contributed by atoms with Gasteiger partial charge in [-0.15, -0.1) is 0 Å². The molecule has 0 atom stereocenters. The van der Waals surface area contributed by atoms with Gasteiger partial charge in [0.2, 0.25) is 0 Å². The number of hydrogen-bond acceptors (Lipinski definition) is 3. The molecule has 0 spiro atoms. The summed E-state index contributed by atoms with van der Waals surface area (Å²) in [6.07, 6.45) is 1.88. The molecular weight excluding hydrogens is 214 g/mol. The van der Waals surface area contributed by atoms with Crippen molar-refractivity contribution in [2.75, 3.05) is 13.2 Å². The second-order valence-electron chi connectivity index (χ2n) is 5.23. The van der Waals surface area contributed by atoms with Crippen molar-refractivity contribution in [3.63, 3.8) is 0 Å². The molecule has 4 heteroatoms. The first-order valence-electron chi connectivity index (χ1n) is 6.34. The van der Waals surface area contributed by atoms with Gasteiger partial charge in [-0.3, -0.25) is 0 Å². The van der Waals surface area contributed by atoms with E-state index in [0.29, 0.717) is 12.5 Å². The summed E-state index contributed by atoms with van der Waals surface area (Å²) in [5.74, 6) is 1.55. The molecule has 0 aliphatic rings. The SMILES string of the molecule is CCOC(C)(C)c1ncc(CNCC(C)C)[nH]1. The summed E-state index contributed by atoms with van der Waals surface area (Å²) in [4.78, 5) is 7.70. The van der Waals surface area contributed by atoms with Gasteiger partial charge in [-0.05, 0) is 33.2 Å². The minimum Gasteiger partial charge on any atom is -0.368 e. The van der Waals surface area contributed by atoms with Crippen LogP contribution < -0.4 is 5.32 Å². The van der Waals surface area contributed by atoms with Gasteiger partial charge in [0.15, 0.2) is 0 Å². The van der Waals surface area contributed by atoms with Crippen molar-refractivity contribution in [1.29, 1.82) is 0 Å². The Kier molecular flexibility index (Phi) is 5.15. The molecule has 98 valence electrons. The lowest BCUT2D eigenvalue weighted by molar-refractivity contribution is -0.0202. The first-order chi connectivity index (χ1) is 7.95. The first kappa shape index (κ1) is 14.2. The third-order valence-corrected chi connectivity index (χ3v) is 2.57. The van der Waals surface area contributed by atoms with Crippen molar-refractivity contribution in [3.05, 3.63) is 17.7 Å². The zero-order valence-electron chi connectivity index (χ0n) is 11.6. The molecule has 0 bridgehead atoms. The Bertz CT molecular complexity index is 331. The number of nitrogens with zero attached hydrogens (tertiary/aromatic N) is 1. The Hall–Kier alpha value is -0.870. The summed E-state index contributed by atoms with van der Waals surface area (Å²) in [6, 6.07) is 0. The third kappa shape index (κ3) is 4.48. The van der Waals surface area contributed by atoms with E-state index in [9.17, 15) is 0 Å². The minimum atomic E-state index is -0.342. The quantitative estimate of drug-likeness (QED) is 0.768. The van der Waals surface area contributed by atoms with Gasteiger partial charge in [0.25, 0.3) is 0 Å². The van der Waals surface area contributed by atoms with E-state index >= 15 is 0 Å². The Balaban J connectivity index is 2.53. The van der Waals surface area contributed by atoms with Crippen molar-refractivity contribution in [2.45, 2.75) is 46.8 Å². The van der Waals surface area contributed by atoms with Crippen molar-refractivity contribution >= 4 is 0 Å². The Morgan fingerprint density at radius 2 is 2.18 bits per heavy atom. The van der Waals surface area contributed by atoms with E-state index in [1.165, 1.54) is 0 Å². The van der Waals surface area contributed by atoms with Crippen molar-refractivity contribution < 1.29 is 4.74 Å². The summed E-state index contributed by atoms with van der Waals surface area (Å²) in [7, 11) is 0. The van der Waals surface area contributed by atoms with E-state index in [1.54, 1.807) is 0 Å². The highest BCUT2D eigenvalue weighted by atomic mass is 16.5. The van der Waals surface area contributed by atoms with Crippen LogP contribution in [-0.2, 0) is 16.9 Å². The highest BCUT2D eigenvalue weighted by Gasteiger charge is 2.23. The molecule has 0 amide bonds. The molecule has 1 rings (SSSR count). The van der Waals surface area contributed by atoms with E-state index in [1.807, 2.05) is 27.0 Å². The minimum absolute atomic E-state index is 0.342. The lowest BCUT2D eigenvalue weighted by Gasteiger charge is -2.21. The first-order valence-corrected chi connectivity index (χ1v) is 6.34. The molecule has 0 aromatic carbocycles. The van der Waals surface area contributed by atoms with Crippen LogP contribution in [0.25, 0.3) is 0 Å². The highest BCUT2D eigenvalue weighted by Crippen LogP contribution is 2.21. The van der Waals surface area contributed by atoms with Crippen LogP contribution in [-0.4, -0.2) is 23.1 Å². The normalized spacial score (nSPS) is 12.4. The molecule has 2 N–H and O–H groups in total. The number of H-pyrrole nitrogens is 1. The Morgan fingerprint density at radius 1 is 1.47 bits per heavy atom. The molecule has 4 nitrogen and oxygen atoms in total. The van der Waals surface area contributed by atoms with Crippen LogP contribution >= 0.6 is 0 Å². The van der Waals surface area contributed by atoms with Crippen LogP contribution in [0.3, 0.4) is 0 Å². The topological polar surface area (TPSA) is 49.9 Å². The van der Waals surface area contributed by atoms with Gasteiger partial charge in [0.05, 0.1) is 0 Å². The summed E-state index contributed by atoms with van der Waals surface area (Å²) < 4.78 is 5.66. The molecule has 1 aromatic heterocycles. The van der Waals surface area contributed by atoms with Gasteiger partial charge in [0.1, 0.15) is 11.4 Å². The van der Waals surface area contributed by atoms with Gasteiger partial charge in [-0.1, -0.05) is 13.8 Å². The summed E-state index contributed by atoms with van der Waals surface area (Å²) >= 11 is 0. The number of hydrogen-bond donors (Lipinski definition) is 2. The summed E-state index contributed by atoms with van der Waals surface area (Å²) in [5, 5.41) is 3.39. The number of imidazole rings is 1. The molecule has 0 saturated carbocycles. The predicted molar refractivity (Wildman–Crippen MR) is 69.8 cm³/mol. The maximum absolute atomic E-state index is 5.66. The maximum atomic E-state index is 5.66. The third-order valence-electron chi connectivity index (χ3n) is 2.57. The standard InChI is InChI=1S/C13H25N3O/c1-6-17-13(4,5)12-15-9-11(16-12)8-14-7-10(2)3/h9-10,14H,6-8H2,1-5H3,(H,15,16). The number of aromatic nitrogens is 2. The lowest BCUT2D eigenvalue weighted by Crippen LogP contribution is -2.23. The van der Waals surface area contributed by atoms with Gasteiger partial charge < -0.3 is 15.0 Å². The molecule has 17 heavy (non-hydrogen) atoms. The Morgan fingerprint density at radius 3 is 2.76 bits per heavy atom. The van der Waals surface area contributed by atoms with Gasteiger partial charge in [-0.2, -0.15) is 0 Å². The molecule has 0 aliphatic heterocycles. The Labute approximate surface area is 104 Å². The fourth-order valence-corrected chi connectivity index (χ4v) is 1.68. The van der Waals surface area contributed by atoms with E-state index in [-0.39, 0.29) is 5.60 Å². The van der Waals surface area contributed by atoms with Crippen LogP contribution in [0.15, 0.2) is 6.20 Å². The fourth-order valence-electron chi connectivity index (χ4n) is 1.68. The van der Waals surface area contributed by atoms with Gasteiger partial charge >= 0.3 is 0 Å². The number of aromatic amines is 1. The van der Waals surface area contributed by atoms with E-state index in [2.05, 4.69) is 29.1 Å². The van der Waals surface area contributed by atoms with Crippen molar-refractivity contribution in [2.24, 2.45) is 5.92 Å². The average Bonchev–Trinajstić information content (AvgIpc) is 2.66. The predicted octanol–water partition coefficient (Wildman–Crippen LogP) is 2.43.